The first-order valence-corrected chi connectivity index (χ1v) is 10.5. The number of amides is 1. The van der Waals surface area contributed by atoms with Crippen LogP contribution in [0.15, 0.2) is 42.5 Å². The van der Waals surface area contributed by atoms with Gasteiger partial charge in [0.1, 0.15) is 18.2 Å². The van der Waals surface area contributed by atoms with Crippen LogP contribution in [-0.2, 0) is 11.3 Å². The predicted octanol–water partition coefficient (Wildman–Crippen LogP) is 3.35. The molecule has 0 radical (unpaired) electrons. The normalized spacial score (nSPS) is 19.9. The number of hydrogen-bond acceptors (Lipinski definition) is 4. The summed E-state index contributed by atoms with van der Waals surface area (Å²) < 4.78 is 19.2. The Morgan fingerprint density at radius 3 is 2.80 bits per heavy atom. The summed E-state index contributed by atoms with van der Waals surface area (Å²) >= 11 is 0. The Hall–Kier alpha value is -2.44. The summed E-state index contributed by atoms with van der Waals surface area (Å²) in [6, 6.07) is 12.2. The number of aryl methyl sites for hydroxylation is 2. The number of carbonyl (C=O) groups is 1. The molecule has 6 heteroatoms. The predicted molar refractivity (Wildman–Crippen MR) is 115 cm³/mol. The van der Waals surface area contributed by atoms with Crippen molar-refractivity contribution in [2.24, 2.45) is 0 Å². The lowest BCUT2D eigenvalue weighted by Gasteiger charge is -2.27. The third kappa shape index (κ3) is 6.54. The van der Waals surface area contributed by atoms with Gasteiger partial charge in [0.2, 0.25) is 5.91 Å². The average Bonchev–Trinajstić information content (AvgIpc) is 2.88. The van der Waals surface area contributed by atoms with E-state index in [9.17, 15) is 14.3 Å². The van der Waals surface area contributed by atoms with Gasteiger partial charge >= 0.3 is 0 Å². The first kappa shape index (κ1) is 22.2. The molecule has 1 atom stereocenters. The van der Waals surface area contributed by atoms with E-state index in [2.05, 4.69) is 16.3 Å². The third-order valence-electron chi connectivity index (χ3n) is 5.58. The summed E-state index contributed by atoms with van der Waals surface area (Å²) in [5, 5.41) is 13.8. The minimum Gasteiger partial charge on any atom is -0.490 e. The van der Waals surface area contributed by atoms with E-state index in [4.69, 9.17) is 4.74 Å². The molecule has 1 unspecified atom stereocenters. The molecular formula is C24H31FN2O3. The van der Waals surface area contributed by atoms with Gasteiger partial charge in [0.15, 0.2) is 0 Å². The van der Waals surface area contributed by atoms with Crippen molar-refractivity contribution in [3.8, 4) is 5.75 Å². The monoisotopic (exact) mass is 414 g/mol. The molecule has 1 fully saturated rings. The molecule has 2 aromatic rings. The molecule has 1 amide bonds. The van der Waals surface area contributed by atoms with Crippen molar-refractivity contribution in [3.63, 3.8) is 0 Å². The summed E-state index contributed by atoms with van der Waals surface area (Å²) in [6.07, 6.45) is 1.98. The highest BCUT2D eigenvalue weighted by Crippen LogP contribution is 2.26. The van der Waals surface area contributed by atoms with E-state index >= 15 is 0 Å². The lowest BCUT2D eigenvalue weighted by molar-refractivity contribution is -0.122. The van der Waals surface area contributed by atoms with Crippen LogP contribution in [0.5, 0.6) is 5.75 Å². The summed E-state index contributed by atoms with van der Waals surface area (Å²) in [4.78, 5) is 14.3. The Bertz CT molecular complexity index is 873. The number of aliphatic hydroxyl groups is 1. The third-order valence-corrected chi connectivity index (χ3v) is 5.58. The summed E-state index contributed by atoms with van der Waals surface area (Å²) in [7, 11) is 0. The Balaban J connectivity index is 1.45. The summed E-state index contributed by atoms with van der Waals surface area (Å²) in [5.74, 6) is 0.389. The molecule has 1 aliphatic heterocycles. The van der Waals surface area contributed by atoms with Crippen LogP contribution < -0.4 is 10.1 Å². The fourth-order valence-electron chi connectivity index (χ4n) is 3.82. The van der Waals surface area contributed by atoms with Crippen molar-refractivity contribution in [1.29, 1.82) is 0 Å². The molecule has 5 nitrogen and oxygen atoms in total. The summed E-state index contributed by atoms with van der Waals surface area (Å²) in [5.41, 5.74) is 2.07. The van der Waals surface area contributed by atoms with Crippen LogP contribution in [0.3, 0.4) is 0 Å². The highest BCUT2D eigenvalue weighted by atomic mass is 19.1. The van der Waals surface area contributed by atoms with Crippen LogP contribution in [0.25, 0.3) is 0 Å². The van der Waals surface area contributed by atoms with E-state index < -0.39 is 5.60 Å². The lowest BCUT2D eigenvalue weighted by Crippen LogP contribution is -2.40. The fourth-order valence-corrected chi connectivity index (χ4v) is 3.82. The van der Waals surface area contributed by atoms with E-state index in [1.165, 1.54) is 17.7 Å². The quantitative estimate of drug-likeness (QED) is 0.729. The molecular weight excluding hydrogens is 383 g/mol. The van der Waals surface area contributed by atoms with Crippen LogP contribution in [0, 0.1) is 19.7 Å². The van der Waals surface area contributed by atoms with Crippen LogP contribution in [0.4, 0.5) is 4.39 Å². The van der Waals surface area contributed by atoms with Crippen molar-refractivity contribution in [3.05, 3.63) is 65.0 Å². The zero-order chi connectivity index (χ0) is 21.6. The van der Waals surface area contributed by atoms with Gasteiger partial charge in [0.05, 0.1) is 12.1 Å². The molecule has 0 aliphatic carbocycles. The zero-order valence-corrected chi connectivity index (χ0v) is 17.8. The standard InChI is InChI=1S/C24H31FN2O3/c1-18-7-8-22(19(2)13-18)30-17-24(29)9-4-11-27(12-10-24)16-23(28)26-15-20-5-3-6-21(25)14-20/h3,5-8,13-14,29H,4,9-12,15-17H2,1-2H3,(H,26,28). The number of nitrogens with zero attached hydrogens (tertiary/aromatic N) is 1. The second-order valence-electron chi connectivity index (χ2n) is 8.32. The maximum absolute atomic E-state index is 13.2. The number of ether oxygens (including phenoxy) is 1. The second-order valence-corrected chi connectivity index (χ2v) is 8.32. The Morgan fingerprint density at radius 2 is 2.03 bits per heavy atom. The van der Waals surface area contributed by atoms with Gasteiger partial charge < -0.3 is 15.2 Å². The Morgan fingerprint density at radius 1 is 1.20 bits per heavy atom. The van der Waals surface area contributed by atoms with Gasteiger partial charge in [-0.1, -0.05) is 29.8 Å². The Labute approximate surface area is 177 Å². The van der Waals surface area contributed by atoms with Crippen LogP contribution in [-0.4, -0.2) is 47.8 Å². The lowest BCUT2D eigenvalue weighted by atomic mass is 9.96. The van der Waals surface area contributed by atoms with Crippen LogP contribution in [0.1, 0.15) is 36.0 Å². The molecule has 2 aromatic carbocycles. The molecule has 0 spiro atoms. The van der Waals surface area contributed by atoms with E-state index in [0.29, 0.717) is 25.9 Å². The van der Waals surface area contributed by atoms with E-state index in [1.807, 2.05) is 26.0 Å². The van der Waals surface area contributed by atoms with Gasteiger partial charge in [-0.25, -0.2) is 4.39 Å². The number of halogens is 1. The molecule has 1 heterocycles. The Kier molecular flexibility index (Phi) is 7.45. The summed E-state index contributed by atoms with van der Waals surface area (Å²) in [6.45, 7) is 6.24. The fraction of sp³-hybridized carbons (Fsp3) is 0.458. The maximum Gasteiger partial charge on any atom is 0.234 e. The van der Waals surface area contributed by atoms with Gasteiger partial charge in [0, 0.05) is 13.1 Å². The molecule has 3 rings (SSSR count). The van der Waals surface area contributed by atoms with E-state index in [-0.39, 0.29) is 24.9 Å². The van der Waals surface area contributed by atoms with Gasteiger partial charge in [-0.15, -0.1) is 0 Å². The second kappa shape index (κ2) is 10.0. The molecule has 1 aliphatic rings. The topological polar surface area (TPSA) is 61.8 Å². The van der Waals surface area contributed by atoms with Crippen LogP contribution >= 0.6 is 0 Å². The van der Waals surface area contributed by atoms with E-state index in [0.717, 1.165) is 29.8 Å². The largest absolute Gasteiger partial charge is 0.490 e. The molecule has 1 saturated heterocycles. The first-order valence-electron chi connectivity index (χ1n) is 10.5. The van der Waals surface area contributed by atoms with Crippen molar-refractivity contribution >= 4 is 5.91 Å². The minimum absolute atomic E-state index is 0.101. The SMILES string of the molecule is Cc1ccc(OCC2(O)CCCN(CC(=O)NCc3cccc(F)c3)CC2)c(C)c1. The molecule has 30 heavy (non-hydrogen) atoms. The first-order chi connectivity index (χ1) is 14.3. The van der Waals surface area contributed by atoms with Crippen LogP contribution in [0.2, 0.25) is 0 Å². The van der Waals surface area contributed by atoms with E-state index in [1.54, 1.807) is 12.1 Å². The number of hydrogen-bond donors (Lipinski definition) is 2. The molecule has 0 bridgehead atoms. The van der Waals surface area contributed by atoms with Gasteiger partial charge in [-0.2, -0.15) is 0 Å². The number of carbonyl (C=O) groups excluding carboxylic acids is 1. The molecule has 2 N–H and O–H groups in total. The number of rotatable bonds is 7. The highest BCUT2D eigenvalue weighted by molar-refractivity contribution is 5.78. The van der Waals surface area contributed by atoms with Gasteiger partial charge in [-0.05, 0) is 69.0 Å². The van der Waals surface area contributed by atoms with Crippen molar-refractivity contribution in [2.45, 2.75) is 45.3 Å². The maximum atomic E-state index is 13.2. The highest BCUT2D eigenvalue weighted by Gasteiger charge is 2.31. The minimum atomic E-state index is -0.899. The molecule has 0 saturated carbocycles. The zero-order valence-electron chi connectivity index (χ0n) is 17.8. The smallest absolute Gasteiger partial charge is 0.234 e. The molecule has 0 aromatic heterocycles. The molecule has 162 valence electrons. The number of likely N-dealkylation sites (tertiary alicyclic amines) is 1. The van der Waals surface area contributed by atoms with Crippen molar-refractivity contribution < 1.29 is 19.0 Å². The van der Waals surface area contributed by atoms with Crippen molar-refractivity contribution in [2.75, 3.05) is 26.2 Å². The van der Waals surface area contributed by atoms with Gasteiger partial charge in [-0.3, -0.25) is 9.69 Å². The van der Waals surface area contributed by atoms with Crippen molar-refractivity contribution in [1.82, 2.24) is 10.2 Å². The average molecular weight is 415 g/mol. The number of benzene rings is 2. The number of nitrogens with one attached hydrogen (secondary N) is 1. The van der Waals surface area contributed by atoms with Gasteiger partial charge in [0.25, 0.3) is 0 Å².